The highest BCUT2D eigenvalue weighted by Crippen LogP contribution is 2.26. The number of hydrogen-bond acceptors (Lipinski definition) is 5. The van der Waals surface area contributed by atoms with Gasteiger partial charge in [0.2, 0.25) is 5.88 Å². The Hall–Kier alpha value is -2.01. The van der Waals surface area contributed by atoms with E-state index in [4.69, 9.17) is 16.7 Å². The molecule has 0 aliphatic carbocycles. The van der Waals surface area contributed by atoms with Crippen LogP contribution in [0.5, 0.6) is 5.88 Å². The summed E-state index contributed by atoms with van der Waals surface area (Å²) in [6.07, 6.45) is -4.89. The van der Waals surface area contributed by atoms with E-state index < -0.39 is 12.2 Å². The molecule has 0 saturated heterocycles. The van der Waals surface area contributed by atoms with Gasteiger partial charge in [-0.3, -0.25) is 0 Å². The van der Waals surface area contributed by atoms with Crippen molar-refractivity contribution in [3.63, 3.8) is 0 Å². The molecular formula is C8H7F3N4O. The predicted molar refractivity (Wildman–Crippen MR) is 47.9 cm³/mol. The highest BCUT2D eigenvalue weighted by Gasteiger charge is 2.33. The van der Waals surface area contributed by atoms with E-state index in [1.807, 2.05) is 0 Å². The van der Waals surface area contributed by atoms with Crippen LogP contribution in [0.15, 0.2) is 6.07 Å². The second kappa shape index (κ2) is 4.24. The molecule has 0 fully saturated rings. The fourth-order valence-corrected chi connectivity index (χ4v) is 0.989. The number of pyridine rings is 1. The van der Waals surface area contributed by atoms with Gasteiger partial charge >= 0.3 is 6.36 Å². The number of nitriles is 1. The van der Waals surface area contributed by atoms with Crippen molar-refractivity contribution < 1.29 is 17.9 Å². The fraction of sp³-hybridized carbons (Fsp3) is 0.250. The molecule has 0 aromatic carbocycles. The van der Waals surface area contributed by atoms with Gasteiger partial charge in [0.1, 0.15) is 6.07 Å². The monoisotopic (exact) mass is 232 g/mol. The molecule has 1 aromatic rings. The van der Waals surface area contributed by atoms with Crippen molar-refractivity contribution in [2.45, 2.75) is 12.9 Å². The second-order valence-corrected chi connectivity index (χ2v) is 2.75. The quantitative estimate of drug-likeness (QED) is 0.789. The Balaban J connectivity index is 3.21. The minimum absolute atomic E-state index is 0.0196. The maximum absolute atomic E-state index is 12.0. The van der Waals surface area contributed by atoms with Gasteiger partial charge in [-0.2, -0.15) is 10.2 Å². The van der Waals surface area contributed by atoms with Crippen LogP contribution in [0.2, 0.25) is 0 Å². The molecule has 1 heterocycles. The Morgan fingerprint density at radius 2 is 2.12 bits per heavy atom. The Labute approximate surface area is 88.4 Å². The van der Waals surface area contributed by atoms with Gasteiger partial charge in [0.05, 0.1) is 5.69 Å². The zero-order chi connectivity index (χ0) is 12.3. The molecule has 1 aromatic heterocycles. The molecule has 0 spiro atoms. The summed E-state index contributed by atoms with van der Waals surface area (Å²) >= 11 is 0. The van der Waals surface area contributed by atoms with Crippen molar-refractivity contribution in [2.75, 3.05) is 5.73 Å². The highest BCUT2D eigenvalue weighted by molar-refractivity contribution is 5.54. The van der Waals surface area contributed by atoms with Gasteiger partial charge in [-0.25, -0.2) is 0 Å². The van der Waals surface area contributed by atoms with Gasteiger partial charge in [-0.1, -0.05) is 0 Å². The van der Waals surface area contributed by atoms with Crippen molar-refractivity contribution in [2.24, 2.45) is 5.73 Å². The van der Waals surface area contributed by atoms with Crippen LogP contribution in [-0.2, 0) is 6.54 Å². The van der Waals surface area contributed by atoms with Gasteiger partial charge in [0.15, 0.2) is 5.69 Å². The van der Waals surface area contributed by atoms with Gasteiger partial charge in [-0.05, 0) is 6.07 Å². The Bertz CT molecular complexity index is 438. The van der Waals surface area contributed by atoms with Crippen LogP contribution in [0.3, 0.4) is 0 Å². The maximum atomic E-state index is 12.0. The zero-order valence-corrected chi connectivity index (χ0v) is 7.88. The van der Waals surface area contributed by atoms with Crippen molar-refractivity contribution in [3.8, 4) is 11.9 Å². The third-order valence-corrected chi connectivity index (χ3v) is 1.63. The summed E-state index contributed by atoms with van der Waals surface area (Å²) in [5.74, 6) is -0.749. The number of anilines is 1. The standard InChI is InChI=1S/C8H7F3N4O/c9-8(10,11)16-7-4(2-12)1-5(14)6(3-13)15-7/h1H,2,12,14H2. The fourth-order valence-electron chi connectivity index (χ4n) is 0.989. The molecule has 0 radical (unpaired) electrons. The number of nitrogen functional groups attached to an aromatic ring is 1. The van der Waals surface area contributed by atoms with E-state index >= 15 is 0 Å². The van der Waals surface area contributed by atoms with Crippen LogP contribution in [0.4, 0.5) is 18.9 Å². The van der Waals surface area contributed by atoms with Crippen molar-refractivity contribution in [1.29, 1.82) is 5.26 Å². The summed E-state index contributed by atoms with van der Waals surface area (Å²) in [6, 6.07) is 2.68. The maximum Gasteiger partial charge on any atom is 0.574 e. The van der Waals surface area contributed by atoms with Crippen LogP contribution in [-0.4, -0.2) is 11.3 Å². The summed E-state index contributed by atoms with van der Waals surface area (Å²) in [7, 11) is 0. The molecule has 0 bridgehead atoms. The van der Waals surface area contributed by atoms with E-state index in [-0.39, 0.29) is 23.5 Å². The molecule has 0 saturated carbocycles. The van der Waals surface area contributed by atoms with E-state index in [2.05, 4.69) is 9.72 Å². The molecule has 0 amide bonds. The number of hydrogen-bond donors (Lipinski definition) is 2. The normalized spacial score (nSPS) is 10.9. The lowest BCUT2D eigenvalue weighted by Gasteiger charge is -2.12. The van der Waals surface area contributed by atoms with Gasteiger partial charge in [0, 0.05) is 12.1 Å². The van der Waals surface area contributed by atoms with E-state index in [1.54, 1.807) is 6.07 Å². The van der Waals surface area contributed by atoms with E-state index in [1.165, 1.54) is 0 Å². The van der Waals surface area contributed by atoms with Crippen LogP contribution >= 0.6 is 0 Å². The average Bonchev–Trinajstić information content (AvgIpc) is 2.18. The Kier molecular flexibility index (Phi) is 3.20. The van der Waals surface area contributed by atoms with Crippen molar-refractivity contribution in [3.05, 3.63) is 17.3 Å². The van der Waals surface area contributed by atoms with Gasteiger partial charge in [-0.15, -0.1) is 13.2 Å². The molecule has 8 heteroatoms. The minimum atomic E-state index is -4.89. The van der Waals surface area contributed by atoms with Crippen LogP contribution in [0, 0.1) is 11.3 Å². The molecule has 0 unspecified atom stereocenters. The number of rotatable bonds is 2. The summed E-state index contributed by atoms with van der Waals surface area (Å²) in [4.78, 5) is 3.34. The molecule has 5 nitrogen and oxygen atoms in total. The minimum Gasteiger partial charge on any atom is -0.396 e. The second-order valence-electron chi connectivity index (χ2n) is 2.75. The number of alkyl halides is 3. The van der Waals surface area contributed by atoms with Crippen LogP contribution in [0.25, 0.3) is 0 Å². The number of nitrogens with zero attached hydrogens (tertiary/aromatic N) is 2. The Morgan fingerprint density at radius 3 is 2.56 bits per heavy atom. The predicted octanol–water partition coefficient (Wildman–Crippen LogP) is 0.893. The van der Waals surface area contributed by atoms with Crippen molar-refractivity contribution >= 4 is 5.69 Å². The first kappa shape index (κ1) is 12.1. The molecular weight excluding hydrogens is 225 g/mol. The largest absolute Gasteiger partial charge is 0.574 e. The van der Waals surface area contributed by atoms with Gasteiger partial charge in [0.25, 0.3) is 0 Å². The molecule has 4 N–H and O–H groups in total. The summed E-state index contributed by atoms with van der Waals surface area (Å²) in [5, 5.41) is 8.54. The lowest BCUT2D eigenvalue weighted by molar-refractivity contribution is -0.276. The zero-order valence-electron chi connectivity index (χ0n) is 7.88. The molecule has 86 valence electrons. The highest BCUT2D eigenvalue weighted by atomic mass is 19.4. The molecule has 16 heavy (non-hydrogen) atoms. The number of halogens is 3. The summed E-state index contributed by atoms with van der Waals surface area (Å²) < 4.78 is 39.6. The van der Waals surface area contributed by atoms with Gasteiger partial charge < -0.3 is 16.2 Å². The molecule has 0 aliphatic rings. The molecule has 0 atom stereocenters. The first-order chi connectivity index (χ1) is 7.37. The van der Waals surface area contributed by atoms with Crippen molar-refractivity contribution in [1.82, 2.24) is 4.98 Å². The lowest BCUT2D eigenvalue weighted by Crippen LogP contribution is -2.20. The first-order valence-corrected chi connectivity index (χ1v) is 4.02. The lowest BCUT2D eigenvalue weighted by atomic mass is 10.2. The van der Waals surface area contributed by atoms with Crippen LogP contribution in [0.1, 0.15) is 11.3 Å². The molecule has 0 aliphatic heterocycles. The third-order valence-electron chi connectivity index (χ3n) is 1.63. The first-order valence-electron chi connectivity index (χ1n) is 4.02. The number of aromatic nitrogens is 1. The van der Waals surface area contributed by atoms with E-state index in [9.17, 15) is 13.2 Å². The summed E-state index contributed by atoms with van der Waals surface area (Å²) in [5.41, 5.74) is 10.2. The van der Waals surface area contributed by atoms with Crippen LogP contribution < -0.4 is 16.2 Å². The number of ether oxygens (including phenoxy) is 1. The smallest absolute Gasteiger partial charge is 0.396 e. The number of nitrogens with two attached hydrogens (primary N) is 2. The van der Waals surface area contributed by atoms with E-state index in [0.717, 1.165) is 6.07 Å². The third kappa shape index (κ3) is 2.74. The van der Waals surface area contributed by atoms with E-state index in [0.29, 0.717) is 0 Å². The SMILES string of the molecule is N#Cc1nc(OC(F)(F)F)c(CN)cc1N. The topological polar surface area (TPSA) is 97.9 Å². The average molecular weight is 232 g/mol. The Morgan fingerprint density at radius 1 is 1.50 bits per heavy atom. The molecule has 1 rings (SSSR count). The summed E-state index contributed by atoms with van der Waals surface area (Å²) in [6.45, 7) is -0.228.